The fraction of sp³-hybridized carbons (Fsp3) is 0.321. The number of H-pyrrole nitrogens is 1. The summed E-state index contributed by atoms with van der Waals surface area (Å²) in [6.07, 6.45) is 3.78. The number of hydrogen-bond donors (Lipinski definition) is 1. The van der Waals surface area contributed by atoms with Gasteiger partial charge in [0.05, 0.1) is 11.0 Å². The third kappa shape index (κ3) is 5.65. The summed E-state index contributed by atoms with van der Waals surface area (Å²) in [5, 5.41) is 0. The van der Waals surface area contributed by atoms with Crippen LogP contribution in [-0.4, -0.2) is 34.1 Å². The zero-order valence-corrected chi connectivity index (χ0v) is 20.3. The van der Waals surface area contributed by atoms with Gasteiger partial charge in [-0.25, -0.2) is 13.6 Å². The number of aromatic nitrogens is 2. The van der Waals surface area contributed by atoms with Crippen LogP contribution in [0.2, 0.25) is 0 Å². The summed E-state index contributed by atoms with van der Waals surface area (Å²) >= 11 is 0. The van der Waals surface area contributed by atoms with Crippen molar-refractivity contribution in [1.29, 1.82) is 0 Å². The lowest BCUT2D eigenvalue weighted by molar-refractivity contribution is 0.183. The molecule has 4 nitrogen and oxygen atoms in total. The Morgan fingerprint density at radius 3 is 2.03 bits per heavy atom. The van der Waals surface area contributed by atoms with Crippen molar-refractivity contribution >= 4 is 23.4 Å². The van der Waals surface area contributed by atoms with Crippen LogP contribution in [0.25, 0.3) is 11.0 Å². The van der Waals surface area contributed by atoms with Gasteiger partial charge in [0, 0.05) is 25.0 Å². The van der Waals surface area contributed by atoms with Crippen LogP contribution in [0.5, 0.6) is 0 Å². The van der Waals surface area contributed by atoms with E-state index in [0.717, 1.165) is 67.5 Å². The first kappa shape index (κ1) is 25.1. The number of imidazole rings is 1. The second-order valence-electron chi connectivity index (χ2n) is 9.19. The first-order valence-electron chi connectivity index (χ1n) is 12.0. The Kier molecular flexibility index (Phi) is 8.04. The van der Waals surface area contributed by atoms with Crippen LogP contribution in [0.1, 0.15) is 48.8 Å². The molecular formula is C28H30ClF2N3O. The van der Waals surface area contributed by atoms with Gasteiger partial charge in [0.25, 0.3) is 0 Å². The van der Waals surface area contributed by atoms with Crippen molar-refractivity contribution in [3.8, 4) is 0 Å². The number of nitrogens with zero attached hydrogens (tertiary/aromatic N) is 2. The first-order chi connectivity index (χ1) is 16.6. The molecule has 5 rings (SSSR count). The zero-order chi connectivity index (χ0) is 23.5. The average molecular weight is 498 g/mol. The molecule has 0 spiro atoms. The molecule has 35 heavy (non-hydrogen) atoms. The molecule has 1 aliphatic rings. The third-order valence-corrected chi connectivity index (χ3v) is 7.06. The van der Waals surface area contributed by atoms with Crippen molar-refractivity contribution < 1.29 is 8.78 Å². The maximum atomic E-state index is 13.5. The van der Waals surface area contributed by atoms with Gasteiger partial charge in [-0.05, 0) is 79.8 Å². The quantitative estimate of drug-likeness (QED) is 0.326. The number of halogens is 3. The summed E-state index contributed by atoms with van der Waals surface area (Å²) in [5.41, 5.74) is 3.94. The molecule has 1 fully saturated rings. The highest BCUT2D eigenvalue weighted by molar-refractivity contribution is 5.85. The number of likely N-dealkylation sites (tertiary alicyclic amines) is 1. The van der Waals surface area contributed by atoms with E-state index in [1.54, 1.807) is 0 Å². The Hall–Kier alpha value is -2.96. The van der Waals surface area contributed by atoms with Crippen LogP contribution in [0.15, 0.2) is 77.6 Å². The standard InChI is InChI=1S/C28H29F2N3O.ClH/c29-22-11-7-20(8-12-22)25(21-9-13-23(30)14-10-21)4-3-17-32-18-15-24(16-19-32)33-27-6-2-1-5-26(27)31-28(33)34;/h1-2,5-14,24-25H,3-4,15-19H2,(H,31,34);1H. The first-order valence-corrected chi connectivity index (χ1v) is 12.0. The van der Waals surface area contributed by atoms with Crippen molar-refractivity contribution in [2.45, 2.75) is 37.6 Å². The number of fused-ring (bicyclic) bond motifs is 1. The van der Waals surface area contributed by atoms with Crippen LogP contribution >= 0.6 is 12.4 Å². The van der Waals surface area contributed by atoms with Gasteiger partial charge in [-0.15, -0.1) is 12.4 Å². The lowest BCUT2D eigenvalue weighted by atomic mass is 9.87. The minimum absolute atomic E-state index is 0. The van der Waals surface area contributed by atoms with Gasteiger partial charge in [-0.3, -0.25) is 4.57 Å². The molecule has 0 atom stereocenters. The van der Waals surface area contributed by atoms with Gasteiger partial charge in [0.1, 0.15) is 11.6 Å². The fourth-order valence-corrected chi connectivity index (χ4v) is 5.27. The molecule has 3 aromatic carbocycles. The summed E-state index contributed by atoms with van der Waals surface area (Å²) in [5.74, 6) is -0.402. The normalized spacial score (nSPS) is 14.9. The molecule has 184 valence electrons. The van der Waals surface area contributed by atoms with Gasteiger partial charge in [0.15, 0.2) is 0 Å². The Morgan fingerprint density at radius 2 is 1.43 bits per heavy atom. The monoisotopic (exact) mass is 497 g/mol. The molecule has 0 saturated carbocycles. The summed E-state index contributed by atoms with van der Waals surface area (Å²) in [6.45, 7) is 2.87. The Labute approximate surface area is 210 Å². The Balaban J connectivity index is 0.00000289. The lowest BCUT2D eigenvalue weighted by Gasteiger charge is -2.32. The number of piperidine rings is 1. The van der Waals surface area contributed by atoms with Crippen molar-refractivity contribution in [2.75, 3.05) is 19.6 Å². The zero-order valence-electron chi connectivity index (χ0n) is 19.5. The molecule has 2 heterocycles. The molecule has 1 aromatic heterocycles. The summed E-state index contributed by atoms with van der Waals surface area (Å²) in [7, 11) is 0. The molecule has 0 bridgehead atoms. The Bertz CT molecular complexity index is 1250. The molecular weight excluding hydrogens is 468 g/mol. The maximum absolute atomic E-state index is 13.5. The molecule has 0 unspecified atom stereocenters. The molecule has 1 aliphatic heterocycles. The second kappa shape index (κ2) is 11.2. The fourth-order valence-electron chi connectivity index (χ4n) is 5.27. The highest BCUT2D eigenvalue weighted by Crippen LogP contribution is 2.31. The smallest absolute Gasteiger partial charge is 0.306 e. The molecule has 1 saturated heterocycles. The van der Waals surface area contributed by atoms with Crippen LogP contribution in [0.3, 0.4) is 0 Å². The molecule has 0 radical (unpaired) electrons. The summed E-state index contributed by atoms with van der Waals surface area (Å²) < 4.78 is 28.9. The van der Waals surface area contributed by atoms with E-state index in [9.17, 15) is 13.6 Å². The third-order valence-electron chi connectivity index (χ3n) is 7.06. The van der Waals surface area contributed by atoms with E-state index in [1.165, 1.54) is 24.3 Å². The van der Waals surface area contributed by atoms with Crippen LogP contribution < -0.4 is 5.69 Å². The van der Waals surface area contributed by atoms with E-state index >= 15 is 0 Å². The highest BCUT2D eigenvalue weighted by Gasteiger charge is 2.24. The minimum Gasteiger partial charge on any atom is -0.306 e. The van der Waals surface area contributed by atoms with E-state index in [0.29, 0.717) is 0 Å². The number of aromatic amines is 1. The van der Waals surface area contributed by atoms with Crippen molar-refractivity contribution in [3.63, 3.8) is 0 Å². The predicted molar refractivity (Wildman–Crippen MR) is 138 cm³/mol. The SMILES string of the molecule is Cl.O=c1[nH]c2ccccc2n1C1CCN(CCCC(c2ccc(F)cc2)c2ccc(F)cc2)CC1. The molecule has 1 N–H and O–H groups in total. The largest absolute Gasteiger partial charge is 0.326 e. The topological polar surface area (TPSA) is 41.0 Å². The molecule has 7 heteroatoms. The van der Waals surface area contributed by atoms with Crippen molar-refractivity contribution in [2.24, 2.45) is 0 Å². The molecule has 4 aromatic rings. The highest BCUT2D eigenvalue weighted by atomic mass is 35.5. The number of hydrogen-bond acceptors (Lipinski definition) is 2. The van der Waals surface area contributed by atoms with Gasteiger partial charge >= 0.3 is 5.69 Å². The summed E-state index contributed by atoms with van der Waals surface area (Å²) in [4.78, 5) is 18.0. The number of rotatable bonds is 7. The van der Waals surface area contributed by atoms with Crippen LogP contribution in [0, 0.1) is 11.6 Å². The van der Waals surface area contributed by atoms with Gasteiger partial charge < -0.3 is 9.88 Å². The maximum Gasteiger partial charge on any atom is 0.326 e. The van der Waals surface area contributed by atoms with Crippen LogP contribution in [0.4, 0.5) is 8.78 Å². The van der Waals surface area contributed by atoms with Crippen molar-refractivity contribution in [1.82, 2.24) is 14.5 Å². The van der Waals surface area contributed by atoms with Gasteiger partial charge in [0.2, 0.25) is 0 Å². The number of benzene rings is 3. The molecule has 0 aliphatic carbocycles. The average Bonchev–Trinajstić information content (AvgIpc) is 3.19. The minimum atomic E-state index is -0.251. The van der Waals surface area contributed by atoms with Crippen molar-refractivity contribution in [3.05, 3.63) is 106 Å². The van der Waals surface area contributed by atoms with E-state index in [-0.39, 0.29) is 41.7 Å². The molecule has 0 amide bonds. The van der Waals surface area contributed by atoms with Gasteiger partial charge in [-0.2, -0.15) is 0 Å². The summed E-state index contributed by atoms with van der Waals surface area (Å²) in [6, 6.07) is 21.3. The van der Waals surface area contributed by atoms with Crippen LogP contribution in [-0.2, 0) is 0 Å². The van der Waals surface area contributed by atoms with E-state index in [4.69, 9.17) is 0 Å². The Morgan fingerprint density at radius 1 is 0.857 bits per heavy atom. The van der Waals surface area contributed by atoms with E-state index < -0.39 is 0 Å². The number of nitrogens with one attached hydrogen (secondary N) is 1. The second-order valence-corrected chi connectivity index (χ2v) is 9.19. The van der Waals surface area contributed by atoms with E-state index in [1.807, 2.05) is 53.1 Å². The number of para-hydroxylation sites is 2. The predicted octanol–water partition coefficient (Wildman–Crippen LogP) is 6.28. The van der Waals surface area contributed by atoms with Gasteiger partial charge in [-0.1, -0.05) is 36.4 Å². The lowest BCUT2D eigenvalue weighted by Crippen LogP contribution is -2.37. The van der Waals surface area contributed by atoms with E-state index in [2.05, 4.69) is 9.88 Å².